The lowest BCUT2D eigenvalue weighted by Crippen LogP contribution is -2.68. The number of aliphatic hydroxyl groups is 5. The minimum atomic E-state index is -1.91. The molecule has 0 aromatic heterocycles. The maximum Gasteiger partial charge on any atom is 0.270 e. The van der Waals surface area contributed by atoms with Gasteiger partial charge in [0.25, 0.3) is 5.91 Å². The Hall–Kier alpha value is -5.75. The van der Waals surface area contributed by atoms with Crippen LogP contribution in [0.5, 0.6) is 17.2 Å². The van der Waals surface area contributed by atoms with Gasteiger partial charge in [0, 0.05) is 26.9 Å². The molecule has 0 radical (unpaired) electrons. The highest BCUT2D eigenvalue weighted by atomic mass is 16.7. The van der Waals surface area contributed by atoms with E-state index in [2.05, 4.69) is 27.0 Å². The SMILES string of the molecule is CCC(C(=O)NNC(=O)CCC(=O)NNC(=O)[C@@H]1O[C@@H](OC2C(NC(C)=O)[C@H](C)O[C@@H](CO)[C@H]2O)C(O)C(O)[C@@H]1OC)C(O)(c1ccc(OC)cc1)c1ccc(Oc2ccc(C)cc2)cc1. The summed E-state index contributed by atoms with van der Waals surface area (Å²) in [6.07, 6.45) is -14.4. The number of hydrogen-bond acceptors (Lipinski definition) is 16. The second-order valence-corrected chi connectivity index (χ2v) is 16.0. The molecule has 360 valence electrons. The van der Waals surface area contributed by atoms with Crippen LogP contribution < -0.4 is 36.5 Å². The molecule has 0 saturated carbocycles. The molecule has 5 rings (SSSR count). The maximum absolute atomic E-state index is 13.8. The molecule has 10 N–H and O–H groups in total. The summed E-state index contributed by atoms with van der Waals surface area (Å²) in [5.74, 6) is -3.49. The van der Waals surface area contributed by atoms with Crippen molar-refractivity contribution in [2.75, 3.05) is 20.8 Å². The molecule has 0 aliphatic carbocycles. The van der Waals surface area contributed by atoms with Crippen molar-refractivity contribution in [1.29, 1.82) is 0 Å². The van der Waals surface area contributed by atoms with Crippen molar-refractivity contribution in [1.82, 2.24) is 27.0 Å². The first-order valence-electron chi connectivity index (χ1n) is 21.3. The third-order valence-corrected chi connectivity index (χ3v) is 11.4. The highest BCUT2D eigenvalue weighted by Crippen LogP contribution is 2.40. The summed E-state index contributed by atoms with van der Waals surface area (Å²) in [4.78, 5) is 64.7. The predicted octanol–water partition coefficient (Wildman–Crippen LogP) is -0.375. The number of aryl methyl sites for hydroxylation is 1. The molecule has 21 nitrogen and oxygen atoms in total. The second kappa shape index (κ2) is 23.1. The fraction of sp³-hybridized carbons (Fsp3) is 0.489. The first-order chi connectivity index (χ1) is 31.4. The van der Waals surface area contributed by atoms with Crippen molar-refractivity contribution >= 4 is 29.5 Å². The van der Waals surface area contributed by atoms with Gasteiger partial charge in [0.15, 0.2) is 12.4 Å². The lowest BCUT2D eigenvalue weighted by Gasteiger charge is -2.47. The Morgan fingerprint density at radius 2 is 1.29 bits per heavy atom. The molecule has 6 unspecified atom stereocenters. The van der Waals surface area contributed by atoms with Crippen LogP contribution in [0, 0.1) is 12.8 Å². The largest absolute Gasteiger partial charge is 0.497 e. The van der Waals surface area contributed by atoms with Crippen LogP contribution in [0.1, 0.15) is 56.7 Å². The number of carbonyl (C=O) groups is 5. The van der Waals surface area contributed by atoms with Crippen LogP contribution in [0.2, 0.25) is 0 Å². The number of hydrogen-bond donors (Lipinski definition) is 10. The third-order valence-electron chi connectivity index (χ3n) is 11.4. The number of carbonyl (C=O) groups excluding carboxylic acids is 5. The van der Waals surface area contributed by atoms with Gasteiger partial charge in [0.2, 0.25) is 23.6 Å². The molecule has 3 aromatic carbocycles. The van der Waals surface area contributed by atoms with Gasteiger partial charge in [-0.1, -0.05) is 48.9 Å². The van der Waals surface area contributed by atoms with Crippen molar-refractivity contribution in [3.05, 3.63) is 89.5 Å². The zero-order chi connectivity index (χ0) is 48.3. The van der Waals surface area contributed by atoms with Gasteiger partial charge >= 0.3 is 0 Å². The quantitative estimate of drug-likeness (QED) is 0.0773. The molecular weight excluding hydrogens is 867 g/mol. The Bertz CT molecular complexity index is 2110. The second-order valence-electron chi connectivity index (χ2n) is 16.0. The summed E-state index contributed by atoms with van der Waals surface area (Å²) in [7, 11) is 2.63. The van der Waals surface area contributed by atoms with Crippen molar-refractivity contribution in [3.8, 4) is 17.2 Å². The average Bonchev–Trinajstić information content (AvgIpc) is 3.31. The number of benzene rings is 3. The highest BCUT2D eigenvalue weighted by Gasteiger charge is 2.52. The van der Waals surface area contributed by atoms with E-state index in [-0.39, 0.29) is 6.42 Å². The van der Waals surface area contributed by atoms with Crippen LogP contribution in [0.3, 0.4) is 0 Å². The highest BCUT2D eigenvalue weighted by molar-refractivity contribution is 5.88. The summed E-state index contributed by atoms with van der Waals surface area (Å²) in [6, 6.07) is 19.6. The number of nitrogens with one attached hydrogen (secondary N) is 5. The van der Waals surface area contributed by atoms with Crippen LogP contribution in [-0.4, -0.2) is 137 Å². The average molecular weight is 926 g/mol. The van der Waals surface area contributed by atoms with Gasteiger partial charge in [-0.3, -0.25) is 45.7 Å². The summed E-state index contributed by atoms with van der Waals surface area (Å²) < 4.78 is 33.6. The molecule has 2 fully saturated rings. The standard InChI is InChI=1S/C45H59N5O16/c1-7-31(45(60,26-10-16-28(61-5)17-11-26)27-12-18-30(19-13-27)64-29-14-8-23(2)9-15-29)42(58)49-47-33(53)20-21-34(54)48-50-43(59)41-40(62-6)37(56)38(57)44(66-41)65-39-35(46-25(4)52)24(3)63-32(22-51)36(39)55/h8-19,24,31-32,35-41,44,51,55-57,60H,7,20-22H2,1-6H3,(H,46,52)(H,47,53)(H,48,54)(H,49,58)(H,50,59)/t24-,31?,32-,35?,36+,37?,38?,39?,40-,41+,44+,45?/m0/s1. The molecule has 5 amide bonds. The number of ether oxygens (including phenoxy) is 6. The zero-order valence-corrected chi connectivity index (χ0v) is 37.3. The minimum Gasteiger partial charge on any atom is -0.497 e. The maximum atomic E-state index is 13.8. The van der Waals surface area contributed by atoms with Gasteiger partial charge in [0.1, 0.15) is 59.5 Å². The third kappa shape index (κ3) is 12.2. The van der Waals surface area contributed by atoms with E-state index in [1.54, 1.807) is 62.4 Å². The molecule has 0 spiro atoms. The van der Waals surface area contributed by atoms with Gasteiger partial charge < -0.3 is 59.3 Å². The van der Waals surface area contributed by atoms with Crippen molar-refractivity contribution in [3.63, 3.8) is 0 Å². The molecular formula is C45H59N5O16. The molecule has 0 bridgehead atoms. The first-order valence-corrected chi connectivity index (χ1v) is 21.3. The van der Waals surface area contributed by atoms with E-state index < -0.39 is 122 Å². The number of hydrazine groups is 2. The lowest BCUT2D eigenvalue weighted by molar-refractivity contribution is -0.325. The van der Waals surface area contributed by atoms with Crippen LogP contribution >= 0.6 is 0 Å². The Labute approximate surface area is 381 Å². The molecule has 2 aliphatic rings. The Balaban J connectivity index is 1.18. The number of methoxy groups -OCH3 is 2. The fourth-order valence-corrected chi connectivity index (χ4v) is 7.84. The molecule has 21 heteroatoms. The Morgan fingerprint density at radius 3 is 1.80 bits per heavy atom. The smallest absolute Gasteiger partial charge is 0.270 e. The molecule has 2 aliphatic heterocycles. The normalized spacial score (nSPS) is 26.4. The molecule has 2 heterocycles. The van der Waals surface area contributed by atoms with Crippen LogP contribution in [-0.2, 0) is 48.5 Å². The fourth-order valence-electron chi connectivity index (χ4n) is 7.84. The Morgan fingerprint density at radius 1 is 0.742 bits per heavy atom. The monoisotopic (exact) mass is 925 g/mol. The van der Waals surface area contributed by atoms with E-state index in [0.717, 1.165) is 12.7 Å². The van der Waals surface area contributed by atoms with Gasteiger partial charge in [-0.05, 0) is 67.8 Å². The first kappa shape index (κ1) is 51.2. The van der Waals surface area contributed by atoms with Crippen LogP contribution in [0.15, 0.2) is 72.8 Å². The van der Waals surface area contributed by atoms with E-state index in [1.165, 1.54) is 14.0 Å². The minimum absolute atomic E-state index is 0.115. The van der Waals surface area contributed by atoms with Crippen LogP contribution in [0.4, 0.5) is 0 Å². The van der Waals surface area contributed by atoms with Crippen molar-refractivity contribution in [2.45, 2.75) is 114 Å². The molecule has 3 aromatic rings. The number of rotatable bonds is 17. The van der Waals surface area contributed by atoms with Crippen molar-refractivity contribution < 1.29 is 77.9 Å². The lowest BCUT2D eigenvalue weighted by atomic mass is 9.74. The summed E-state index contributed by atoms with van der Waals surface area (Å²) in [5, 5.41) is 57.5. The van der Waals surface area contributed by atoms with Gasteiger partial charge in [-0.2, -0.15) is 0 Å². The molecule has 12 atom stereocenters. The van der Waals surface area contributed by atoms with E-state index in [9.17, 15) is 49.5 Å². The van der Waals surface area contributed by atoms with Gasteiger partial charge in [0.05, 0.1) is 31.8 Å². The topological polar surface area (TPSA) is 302 Å². The van der Waals surface area contributed by atoms with Gasteiger partial charge in [-0.25, -0.2) is 0 Å². The predicted molar refractivity (Wildman–Crippen MR) is 231 cm³/mol. The Kier molecular flexibility index (Phi) is 17.9. The van der Waals surface area contributed by atoms with E-state index >= 15 is 0 Å². The zero-order valence-electron chi connectivity index (χ0n) is 37.3. The van der Waals surface area contributed by atoms with Crippen LogP contribution in [0.25, 0.3) is 0 Å². The summed E-state index contributed by atoms with van der Waals surface area (Å²) in [6.45, 7) is 5.80. The number of aliphatic hydroxyl groups excluding tert-OH is 4. The number of amides is 5. The van der Waals surface area contributed by atoms with E-state index in [0.29, 0.717) is 28.4 Å². The molecule has 66 heavy (non-hydrogen) atoms. The van der Waals surface area contributed by atoms with Crippen molar-refractivity contribution in [2.24, 2.45) is 5.92 Å². The van der Waals surface area contributed by atoms with E-state index in [1.807, 2.05) is 31.2 Å². The summed E-state index contributed by atoms with van der Waals surface area (Å²) >= 11 is 0. The van der Waals surface area contributed by atoms with E-state index in [4.69, 9.17) is 28.4 Å². The van der Waals surface area contributed by atoms with Gasteiger partial charge in [-0.15, -0.1) is 0 Å². The molecule has 2 saturated heterocycles. The summed E-state index contributed by atoms with van der Waals surface area (Å²) in [5.41, 5.74) is 8.74.